The molecule has 0 spiro atoms. The minimum Gasteiger partial charge on any atom is -0.329 e. The third-order valence-corrected chi connectivity index (χ3v) is 3.76. The highest BCUT2D eigenvalue weighted by Crippen LogP contribution is 2.18. The number of aromatic nitrogens is 4. The number of H-pyrrole nitrogens is 1. The van der Waals surface area contributed by atoms with Crippen molar-refractivity contribution in [2.45, 2.75) is 5.16 Å². The molecule has 0 saturated heterocycles. The molecular formula is C10H12N4OS2. The molecule has 2 heterocycles. The molecule has 0 aromatic carbocycles. The van der Waals surface area contributed by atoms with E-state index in [1.807, 2.05) is 0 Å². The van der Waals surface area contributed by atoms with Gasteiger partial charge in [-0.05, 0) is 0 Å². The van der Waals surface area contributed by atoms with Crippen molar-refractivity contribution in [2.75, 3.05) is 5.75 Å². The maximum Gasteiger partial charge on any atom is 0.330 e. The molecule has 0 radical (unpaired) electrons. The fourth-order valence-electron chi connectivity index (χ4n) is 1.51. The third kappa shape index (κ3) is 1.96. The van der Waals surface area contributed by atoms with Gasteiger partial charge in [0.05, 0.1) is 0 Å². The zero-order valence-corrected chi connectivity index (χ0v) is 11.2. The fraction of sp³-hybridized carbons (Fsp3) is 0.300. The van der Waals surface area contributed by atoms with Crippen LogP contribution in [0.15, 0.2) is 22.6 Å². The zero-order valence-electron chi connectivity index (χ0n) is 9.56. The first-order chi connectivity index (χ1) is 8.06. The number of rotatable bonds is 3. The second kappa shape index (κ2) is 4.50. The summed E-state index contributed by atoms with van der Waals surface area (Å²) >= 11 is 6.74. The van der Waals surface area contributed by atoms with Crippen molar-refractivity contribution < 1.29 is 0 Å². The Morgan fingerprint density at radius 1 is 1.53 bits per heavy atom. The van der Waals surface area contributed by atoms with Crippen LogP contribution < -0.4 is 5.69 Å². The number of thioether (sulfide) groups is 1. The molecule has 2 aromatic heterocycles. The van der Waals surface area contributed by atoms with Gasteiger partial charge < -0.3 is 4.98 Å². The van der Waals surface area contributed by atoms with Gasteiger partial charge in [-0.15, -0.1) is 6.58 Å². The van der Waals surface area contributed by atoms with Crippen LogP contribution in [-0.2, 0) is 14.1 Å². The SMILES string of the molecule is C=CCSc1nc2c([nH]1)c(=S)n(C)c(=O)n2C. The highest BCUT2D eigenvalue weighted by Gasteiger charge is 2.10. The van der Waals surface area contributed by atoms with Crippen LogP contribution in [0.4, 0.5) is 0 Å². The van der Waals surface area contributed by atoms with Gasteiger partial charge in [-0.3, -0.25) is 9.13 Å². The Kier molecular flexibility index (Phi) is 3.21. The van der Waals surface area contributed by atoms with Crippen LogP contribution in [0.5, 0.6) is 0 Å². The third-order valence-electron chi connectivity index (χ3n) is 2.41. The topological polar surface area (TPSA) is 55.6 Å². The summed E-state index contributed by atoms with van der Waals surface area (Å²) in [5.74, 6) is 0.757. The van der Waals surface area contributed by atoms with Gasteiger partial charge in [0.1, 0.15) is 10.2 Å². The summed E-state index contributed by atoms with van der Waals surface area (Å²) in [5, 5.41) is 0.743. The number of aromatic amines is 1. The van der Waals surface area contributed by atoms with Crippen LogP contribution in [0.1, 0.15) is 0 Å². The second-order valence-corrected chi connectivity index (χ2v) is 4.94. The lowest BCUT2D eigenvalue weighted by Gasteiger charge is -2.02. The van der Waals surface area contributed by atoms with Crippen molar-refractivity contribution in [2.24, 2.45) is 14.1 Å². The summed E-state index contributed by atoms with van der Waals surface area (Å²) in [7, 11) is 3.34. The van der Waals surface area contributed by atoms with Crippen LogP contribution in [-0.4, -0.2) is 24.9 Å². The van der Waals surface area contributed by atoms with E-state index in [4.69, 9.17) is 12.2 Å². The first-order valence-electron chi connectivity index (χ1n) is 4.95. The molecule has 2 rings (SSSR count). The molecule has 0 aliphatic heterocycles. The molecule has 5 nitrogen and oxygen atoms in total. The van der Waals surface area contributed by atoms with Crippen LogP contribution >= 0.6 is 24.0 Å². The Bertz CT molecular complexity index is 695. The lowest BCUT2D eigenvalue weighted by molar-refractivity contribution is 0.721. The molecule has 0 unspecified atom stereocenters. The molecule has 0 amide bonds. The van der Waals surface area contributed by atoms with Crippen molar-refractivity contribution in [3.63, 3.8) is 0 Å². The van der Waals surface area contributed by atoms with E-state index in [9.17, 15) is 4.79 Å². The number of aryl methyl sites for hydroxylation is 1. The average Bonchev–Trinajstić information content (AvgIpc) is 2.75. The van der Waals surface area contributed by atoms with Gasteiger partial charge in [-0.25, -0.2) is 9.78 Å². The Morgan fingerprint density at radius 3 is 2.88 bits per heavy atom. The van der Waals surface area contributed by atoms with Crippen molar-refractivity contribution in [3.05, 3.63) is 27.8 Å². The summed E-state index contributed by atoms with van der Waals surface area (Å²) in [5.41, 5.74) is 1.13. The highest BCUT2D eigenvalue weighted by atomic mass is 32.2. The van der Waals surface area contributed by atoms with E-state index < -0.39 is 0 Å². The molecule has 0 saturated carbocycles. The summed E-state index contributed by atoms with van der Waals surface area (Å²) in [6.45, 7) is 3.65. The number of hydrogen-bond donors (Lipinski definition) is 1. The fourth-order valence-corrected chi connectivity index (χ4v) is 2.33. The lowest BCUT2D eigenvalue weighted by atomic mass is 10.5. The summed E-state index contributed by atoms with van der Waals surface area (Å²) in [6.07, 6.45) is 1.80. The molecule has 2 aromatic rings. The normalized spacial score (nSPS) is 10.9. The first-order valence-corrected chi connectivity index (χ1v) is 6.35. The van der Waals surface area contributed by atoms with Crippen LogP contribution in [0.25, 0.3) is 11.2 Å². The zero-order chi connectivity index (χ0) is 12.6. The quantitative estimate of drug-likeness (QED) is 0.522. The summed E-state index contributed by atoms with van der Waals surface area (Å²) in [6, 6.07) is 0. The van der Waals surface area contributed by atoms with E-state index in [1.165, 1.54) is 20.9 Å². The number of fused-ring (bicyclic) bond motifs is 1. The van der Waals surface area contributed by atoms with Crippen LogP contribution in [0.2, 0.25) is 0 Å². The smallest absolute Gasteiger partial charge is 0.329 e. The van der Waals surface area contributed by atoms with Crippen molar-refractivity contribution in [1.82, 2.24) is 19.1 Å². The van der Waals surface area contributed by atoms with Gasteiger partial charge >= 0.3 is 5.69 Å². The molecule has 7 heteroatoms. The monoisotopic (exact) mass is 268 g/mol. The van der Waals surface area contributed by atoms with Gasteiger partial charge in [0.2, 0.25) is 0 Å². The van der Waals surface area contributed by atoms with E-state index in [0.29, 0.717) is 10.3 Å². The minimum atomic E-state index is -0.172. The molecule has 0 fully saturated rings. The number of nitrogens with zero attached hydrogens (tertiary/aromatic N) is 3. The Balaban J connectivity index is 2.72. The van der Waals surface area contributed by atoms with E-state index in [2.05, 4.69) is 16.5 Å². The molecule has 90 valence electrons. The minimum absolute atomic E-state index is 0.172. The van der Waals surface area contributed by atoms with E-state index in [1.54, 1.807) is 20.2 Å². The maximum atomic E-state index is 11.8. The predicted molar refractivity (Wildman–Crippen MR) is 72.1 cm³/mol. The second-order valence-electron chi connectivity index (χ2n) is 3.55. The molecule has 1 N–H and O–H groups in total. The first kappa shape index (κ1) is 12.1. The Hall–Kier alpha value is -1.34. The van der Waals surface area contributed by atoms with E-state index in [0.717, 1.165) is 16.4 Å². The number of hydrogen-bond acceptors (Lipinski definition) is 4. The maximum absolute atomic E-state index is 11.8. The Morgan fingerprint density at radius 2 is 2.24 bits per heavy atom. The summed E-state index contributed by atoms with van der Waals surface area (Å²) < 4.78 is 3.39. The van der Waals surface area contributed by atoms with Gasteiger partial charge in [0.15, 0.2) is 10.8 Å². The van der Waals surface area contributed by atoms with E-state index >= 15 is 0 Å². The highest BCUT2D eigenvalue weighted by molar-refractivity contribution is 7.99. The number of nitrogens with one attached hydrogen (secondary N) is 1. The predicted octanol–water partition coefficient (Wildman–Crippen LogP) is 1.61. The average molecular weight is 268 g/mol. The molecule has 0 aliphatic carbocycles. The molecule has 0 aliphatic rings. The van der Waals surface area contributed by atoms with Crippen molar-refractivity contribution in [1.29, 1.82) is 0 Å². The van der Waals surface area contributed by atoms with Crippen molar-refractivity contribution in [3.8, 4) is 0 Å². The standard InChI is InChI=1S/C10H12N4OS2/c1-4-5-17-9-11-6-7(12-9)13(2)10(15)14(3)8(6)16/h4H,1,5H2,2-3H3,(H,11,12). The van der Waals surface area contributed by atoms with Gasteiger partial charge in [0.25, 0.3) is 0 Å². The van der Waals surface area contributed by atoms with Crippen LogP contribution in [0.3, 0.4) is 0 Å². The van der Waals surface area contributed by atoms with Crippen molar-refractivity contribution >= 4 is 35.1 Å². The molecule has 17 heavy (non-hydrogen) atoms. The molecule has 0 bridgehead atoms. The van der Waals surface area contributed by atoms with Gasteiger partial charge in [-0.1, -0.05) is 30.1 Å². The van der Waals surface area contributed by atoms with Crippen LogP contribution in [0, 0.1) is 4.64 Å². The van der Waals surface area contributed by atoms with E-state index in [-0.39, 0.29) is 5.69 Å². The summed E-state index contributed by atoms with van der Waals surface area (Å²) in [4.78, 5) is 19.3. The van der Waals surface area contributed by atoms with Gasteiger partial charge in [-0.2, -0.15) is 0 Å². The number of imidazole rings is 1. The lowest BCUT2D eigenvalue weighted by Crippen LogP contribution is -2.27. The largest absolute Gasteiger partial charge is 0.330 e. The molecular weight excluding hydrogens is 256 g/mol. The Labute approximate surface area is 107 Å². The molecule has 0 atom stereocenters. The van der Waals surface area contributed by atoms with Gasteiger partial charge in [0, 0.05) is 19.8 Å².